The number of likely N-dealkylation sites (tertiary alicyclic amines) is 1. The van der Waals surface area contributed by atoms with Gasteiger partial charge in [-0.1, -0.05) is 23.7 Å². The van der Waals surface area contributed by atoms with Crippen LogP contribution in [-0.4, -0.2) is 42.7 Å². The van der Waals surface area contributed by atoms with Gasteiger partial charge in [-0.15, -0.1) is 11.3 Å². The Hall–Kier alpha value is -3.16. The molecule has 2 amide bonds. The van der Waals surface area contributed by atoms with E-state index in [4.69, 9.17) is 16.3 Å². The van der Waals surface area contributed by atoms with Crippen LogP contribution in [0.3, 0.4) is 0 Å². The van der Waals surface area contributed by atoms with E-state index >= 15 is 0 Å². The predicted molar refractivity (Wildman–Crippen MR) is 134 cm³/mol. The summed E-state index contributed by atoms with van der Waals surface area (Å²) in [6, 6.07) is 15.8. The number of ketones is 1. The number of methoxy groups -OCH3 is 1. The number of carbonyl (C=O) groups excluding carboxylic acids is 3. The average Bonchev–Trinajstić information content (AvgIpc) is 3.23. The van der Waals surface area contributed by atoms with Crippen molar-refractivity contribution in [2.24, 2.45) is 5.92 Å². The number of carbonyl (C=O) groups is 3. The molecule has 0 aliphatic carbocycles. The Balaban J connectivity index is 1.37. The number of aryl methyl sites for hydroxylation is 1. The van der Waals surface area contributed by atoms with Gasteiger partial charge in [-0.2, -0.15) is 0 Å². The molecule has 2 heterocycles. The number of nitrogens with one attached hydrogen (secondary N) is 1. The molecule has 1 fully saturated rings. The molecule has 4 rings (SSSR count). The van der Waals surface area contributed by atoms with Gasteiger partial charge < -0.3 is 15.0 Å². The standard InChI is InChI=1S/C26H25ClN2O4S/c1-16-15-22(28-25(31)20-5-3-4-6-21(20)27)34-24(16)26(32)29-13-11-18(12-14-29)23(30)17-7-9-19(33-2)10-8-17/h3-10,15,18H,11-14H2,1-2H3,(H,28,31). The van der Waals surface area contributed by atoms with Gasteiger partial charge in [-0.05, 0) is 67.8 Å². The Morgan fingerprint density at radius 3 is 2.38 bits per heavy atom. The first-order valence-corrected chi connectivity index (χ1v) is 12.2. The van der Waals surface area contributed by atoms with Crippen LogP contribution >= 0.6 is 22.9 Å². The zero-order valence-corrected chi connectivity index (χ0v) is 20.5. The van der Waals surface area contributed by atoms with Gasteiger partial charge in [0.15, 0.2) is 5.78 Å². The van der Waals surface area contributed by atoms with Crippen molar-refractivity contribution in [3.63, 3.8) is 0 Å². The first-order valence-electron chi connectivity index (χ1n) is 11.0. The molecule has 0 radical (unpaired) electrons. The van der Waals surface area contributed by atoms with Gasteiger partial charge >= 0.3 is 0 Å². The second-order valence-electron chi connectivity index (χ2n) is 8.22. The molecule has 1 saturated heterocycles. The highest BCUT2D eigenvalue weighted by Gasteiger charge is 2.30. The van der Waals surface area contributed by atoms with Crippen LogP contribution in [0.5, 0.6) is 5.75 Å². The Morgan fingerprint density at radius 2 is 1.74 bits per heavy atom. The maximum atomic E-state index is 13.2. The van der Waals surface area contributed by atoms with Gasteiger partial charge in [0.25, 0.3) is 11.8 Å². The molecule has 34 heavy (non-hydrogen) atoms. The number of benzene rings is 2. The summed E-state index contributed by atoms with van der Waals surface area (Å²) >= 11 is 7.37. The number of amides is 2. The van der Waals surface area contributed by atoms with Crippen LogP contribution in [0.4, 0.5) is 5.00 Å². The third-order valence-corrected chi connectivity index (χ3v) is 7.46. The molecule has 0 unspecified atom stereocenters. The lowest BCUT2D eigenvalue weighted by Gasteiger charge is -2.31. The molecule has 1 N–H and O–H groups in total. The van der Waals surface area contributed by atoms with E-state index in [1.54, 1.807) is 66.6 Å². The monoisotopic (exact) mass is 496 g/mol. The average molecular weight is 497 g/mol. The number of Topliss-reactive ketones (excluding diaryl/α,β-unsaturated/α-hetero) is 1. The number of ether oxygens (including phenoxy) is 1. The summed E-state index contributed by atoms with van der Waals surface area (Å²) in [4.78, 5) is 41.0. The molecule has 0 saturated carbocycles. The highest BCUT2D eigenvalue weighted by Crippen LogP contribution is 2.31. The highest BCUT2D eigenvalue weighted by atomic mass is 35.5. The summed E-state index contributed by atoms with van der Waals surface area (Å²) in [7, 11) is 1.59. The maximum Gasteiger partial charge on any atom is 0.264 e. The Kier molecular flexibility index (Phi) is 7.34. The van der Waals surface area contributed by atoms with Gasteiger partial charge in [-0.3, -0.25) is 14.4 Å². The fourth-order valence-electron chi connectivity index (χ4n) is 4.06. The summed E-state index contributed by atoms with van der Waals surface area (Å²) in [5.41, 5.74) is 1.85. The van der Waals surface area contributed by atoms with Gasteiger partial charge in [0.05, 0.1) is 27.6 Å². The van der Waals surface area contributed by atoms with Crippen molar-refractivity contribution in [2.45, 2.75) is 19.8 Å². The molecule has 1 aromatic heterocycles. The van der Waals surface area contributed by atoms with Crippen molar-refractivity contribution in [3.8, 4) is 5.75 Å². The highest BCUT2D eigenvalue weighted by molar-refractivity contribution is 7.18. The number of anilines is 1. The van der Waals surface area contributed by atoms with Crippen LogP contribution in [0.15, 0.2) is 54.6 Å². The van der Waals surface area contributed by atoms with E-state index in [1.807, 2.05) is 6.92 Å². The molecule has 0 spiro atoms. The molecule has 3 aromatic rings. The van der Waals surface area contributed by atoms with Gasteiger partial charge in [0.1, 0.15) is 5.75 Å². The van der Waals surface area contributed by atoms with Crippen molar-refractivity contribution in [2.75, 3.05) is 25.5 Å². The number of rotatable bonds is 6. The molecule has 2 aromatic carbocycles. The van der Waals surface area contributed by atoms with Crippen molar-refractivity contribution in [3.05, 3.63) is 81.2 Å². The van der Waals surface area contributed by atoms with Gasteiger partial charge in [0.2, 0.25) is 0 Å². The number of hydrogen-bond donors (Lipinski definition) is 1. The summed E-state index contributed by atoms with van der Waals surface area (Å²) in [5, 5.41) is 3.80. The van der Waals surface area contributed by atoms with E-state index in [9.17, 15) is 14.4 Å². The number of hydrogen-bond acceptors (Lipinski definition) is 5. The predicted octanol–water partition coefficient (Wildman–Crippen LogP) is 5.71. The summed E-state index contributed by atoms with van der Waals surface area (Å²) < 4.78 is 5.15. The van der Waals surface area contributed by atoms with Crippen molar-refractivity contribution < 1.29 is 19.1 Å². The van der Waals surface area contributed by atoms with Crippen LogP contribution in [0.2, 0.25) is 5.02 Å². The third-order valence-electron chi connectivity index (χ3n) is 5.99. The lowest BCUT2D eigenvalue weighted by atomic mass is 9.89. The number of halogens is 1. The molecule has 1 aliphatic heterocycles. The minimum absolute atomic E-state index is 0.0731. The zero-order chi connectivity index (χ0) is 24.2. The summed E-state index contributed by atoms with van der Waals surface area (Å²) in [6.45, 7) is 2.89. The van der Waals surface area contributed by atoms with Crippen molar-refractivity contribution in [1.82, 2.24) is 4.90 Å². The maximum absolute atomic E-state index is 13.2. The van der Waals surface area contributed by atoms with Gasteiger partial charge in [-0.25, -0.2) is 0 Å². The van der Waals surface area contributed by atoms with E-state index in [-0.39, 0.29) is 23.5 Å². The lowest BCUT2D eigenvalue weighted by molar-refractivity contribution is 0.0653. The molecular weight excluding hydrogens is 472 g/mol. The molecule has 1 aliphatic rings. The van der Waals surface area contributed by atoms with E-state index in [2.05, 4.69) is 5.32 Å². The quantitative estimate of drug-likeness (QED) is 0.444. The van der Waals surface area contributed by atoms with Gasteiger partial charge in [0, 0.05) is 24.6 Å². The fraction of sp³-hybridized carbons (Fsp3) is 0.269. The number of thiophene rings is 1. The second kappa shape index (κ2) is 10.4. The number of nitrogens with zero attached hydrogens (tertiary/aromatic N) is 1. The number of piperidine rings is 1. The Morgan fingerprint density at radius 1 is 1.06 bits per heavy atom. The first kappa shape index (κ1) is 24.0. The molecule has 8 heteroatoms. The second-order valence-corrected chi connectivity index (χ2v) is 9.68. The topological polar surface area (TPSA) is 75.7 Å². The van der Waals surface area contributed by atoms with Crippen LogP contribution in [0.25, 0.3) is 0 Å². The molecule has 0 atom stereocenters. The third kappa shape index (κ3) is 5.16. The van der Waals surface area contributed by atoms with E-state index in [0.717, 1.165) is 5.56 Å². The molecular formula is C26H25ClN2O4S. The fourth-order valence-corrected chi connectivity index (χ4v) is 5.32. The van der Waals surface area contributed by atoms with Crippen LogP contribution in [-0.2, 0) is 0 Å². The van der Waals surface area contributed by atoms with Crippen LogP contribution in [0.1, 0.15) is 48.8 Å². The van der Waals surface area contributed by atoms with E-state index in [1.165, 1.54) is 11.3 Å². The van der Waals surface area contributed by atoms with Crippen molar-refractivity contribution >= 4 is 45.5 Å². The SMILES string of the molecule is COc1ccc(C(=O)C2CCN(C(=O)c3sc(NC(=O)c4ccccc4Cl)cc3C)CC2)cc1. The Bertz CT molecular complexity index is 1210. The zero-order valence-electron chi connectivity index (χ0n) is 19.0. The lowest BCUT2D eigenvalue weighted by Crippen LogP contribution is -2.40. The molecule has 6 nitrogen and oxygen atoms in total. The van der Waals surface area contributed by atoms with Crippen LogP contribution in [0, 0.1) is 12.8 Å². The smallest absolute Gasteiger partial charge is 0.264 e. The van der Waals surface area contributed by atoms with E-state index in [0.29, 0.717) is 57.7 Å². The van der Waals surface area contributed by atoms with Crippen molar-refractivity contribution in [1.29, 1.82) is 0 Å². The summed E-state index contributed by atoms with van der Waals surface area (Å²) in [5.74, 6) is 0.324. The molecule has 176 valence electrons. The normalized spacial score (nSPS) is 14.0. The first-order chi connectivity index (χ1) is 16.4. The Labute approximate surface area is 207 Å². The van der Waals surface area contributed by atoms with Crippen LogP contribution < -0.4 is 10.1 Å². The molecule has 0 bridgehead atoms. The minimum atomic E-state index is -0.316. The van der Waals surface area contributed by atoms with E-state index < -0.39 is 0 Å². The minimum Gasteiger partial charge on any atom is -0.497 e. The largest absolute Gasteiger partial charge is 0.497 e. The summed E-state index contributed by atoms with van der Waals surface area (Å²) in [6.07, 6.45) is 1.24.